The molecule has 0 fully saturated rings. The summed E-state index contributed by atoms with van der Waals surface area (Å²) in [7, 11) is 0. The van der Waals surface area contributed by atoms with Crippen LogP contribution in [0.15, 0.2) is 45.7 Å². The highest BCUT2D eigenvalue weighted by Gasteiger charge is 2.30. The summed E-state index contributed by atoms with van der Waals surface area (Å²) in [6, 6.07) is 8.45. The van der Waals surface area contributed by atoms with Crippen molar-refractivity contribution in [2.24, 2.45) is 15.3 Å². The van der Waals surface area contributed by atoms with Crippen LogP contribution < -0.4 is 0 Å². The summed E-state index contributed by atoms with van der Waals surface area (Å²) in [5, 5.41) is 9.21. The van der Waals surface area contributed by atoms with Crippen LogP contribution in [0, 0.1) is 16.6 Å². The van der Waals surface area contributed by atoms with Crippen LogP contribution in [0.5, 0.6) is 0 Å². The second-order valence-corrected chi connectivity index (χ2v) is 2.34. The first-order valence-corrected chi connectivity index (χ1v) is 3.50. The van der Waals surface area contributed by atoms with E-state index in [-0.39, 0.29) is 0 Å². The van der Waals surface area contributed by atoms with Crippen molar-refractivity contribution in [3.8, 4) is 0 Å². The first-order chi connectivity index (χ1) is 6.29. The normalized spacial score (nSPS) is 14.2. The molecule has 0 saturated carbocycles. The molecule has 0 unspecified atom stereocenters. The van der Waals surface area contributed by atoms with Crippen LogP contribution in [0.3, 0.4) is 0 Å². The Hall–Kier alpha value is -1.98. The molecule has 0 bridgehead atoms. The number of nitrogens with zero attached hydrogens (tertiary/aromatic N) is 3. The molecule has 6 nitrogen and oxygen atoms in total. The van der Waals surface area contributed by atoms with Gasteiger partial charge in [0, 0.05) is 5.56 Å². The van der Waals surface area contributed by atoms with Gasteiger partial charge in [0.25, 0.3) is 0 Å². The fraction of sp³-hybridized carbons (Fsp3) is 0.143. The maximum Gasteiger partial charge on any atom is 0.323 e. The predicted octanol–water partition coefficient (Wildman–Crippen LogP) is 2.89. The third-order valence-corrected chi connectivity index (χ3v) is 1.63. The van der Waals surface area contributed by atoms with Crippen molar-refractivity contribution < 1.29 is 0 Å². The summed E-state index contributed by atoms with van der Waals surface area (Å²) in [5.41, 5.74) is 21.0. The quantitative estimate of drug-likeness (QED) is 0.586. The van der Waals surface area contributed by atoms with Gasteiger partial charge in [-0.3, -0.25) is 0 Å². The van der Waals surface area contributed by atoms with E-state index in [9.17, 15) is 0 Å². The highest BCUT2D eigenvalue weighted by Crippen LogP contribution is 2.28. The molecule has 0 amide bonds. The van der Waals surface area contributed by atoms with Crippen molar-refractivity contribution in [1.29, 1.82) is 16.6 Å². The average molecular weight is 176 g/mol. The fourth-order valence-corrected chi connectivity index (χ4v) is 0.930. The van der Waals surface area contributed by atoms with E-state index < -0.39 is 5.79 Å². The molecule has 1 aromatic rings. The molecule has 0 saturated heterocycles. The Kier molecular flexibility index (Phi) is 2.53. The molecule has 1 rings (SSSR count). The molecule has 0 atom stereocenters. The van der Waals surface area contributed by atoms with Crippen LogP contribution in [0.25, 0.3) is 0 Å². The minimum absolute atomic E-state index is 0.440. The lowest BCUT2D eigenvalue weighted by Gasteiger charge is -2.14. The van der Waals surface area contributed by atoms with Crippen LogP contribution in [-0.4, -0.2) is 0 Å². The van der Waals surface area contributed by atoms with E-state index in [1.807, 2.05) is 0 Å². The molecule has 13 heavy (non-hydrogen) atoms. The van der Waals surface area contributed by atoms with Crippen molar-refractivity contribution in [3.63, 3.8) is 0 Å². The fourth-order valence-electron chi connectivity index (χ4n) is 0.930. The van der Waals surface area contributed by atoms with E-state index in [2.05, 4.69) is 15.3 Å². The number of hydrogen-bond donors (Lipinski definition) is 3. The lowest BCUT2D eigenvalue weighted by molar-refractivity contribution is 0.396. The van der Waals surface area contributed by atoms with E-state index in [0.717, 1.165) is 0 Å². The van der Waals surface area contributed by atoms with Crippen molar-refractivity contribution >= 4 is 0 Å². The molecule has 6 heteroatoms. The maximum atomic E-state index is 6.84. The largest absolute Gasteiger partial charge is 0.323 e. The molecule has 0 radical (unpaired) electrons. The van der Waals surface area contributed by atoms with Gasteiger partial charge in [0.1, 0.15) is 0 Å². The summed E-state index contributed by atoms with van der Waals surface area (Å²) < 4.78 is 0. The summed E-state index contributed by atoms with van der Waals surface area (Å²) in [4.78, 5) is 0. The van der Waals surface area contributed by atoms with Gasteiger partial charge in [-0.1, -0.05) is 30.3 Å². The van der Waals surface area contributed by atoms with Crippen LogP contribution in [-0.2, 0) is 5.79 Å². The molecule has 0 aliphatic rings. The topological polar surface area (TPSA) is 109 Å². The Morgan fingerprint density at radius 3 is 1.69 bits per heavy atom. The SMILES string of the molecule is N=NC(N=N)(N=N)c1ccccc1. The van der Waals surface area contributed by atoms with Gasteiger partial charge in [0.15, 0.2) is 0 Å². The molecule has 1 aromatic carbocycles. The number of rotatable bonds is 4. The third-order valence-electron chi connectivity index (χ3n) is 1.63. The smallest absolute Gasteiger partial charge is 0.205 e. The Morgan fingerprint density at radius 2 is 1.31 bits per heavy atom. The van der Waals surface area contributed by atoms with E-state index in [1.54, 1.807) is 30.3 Å². The highest BCUT2D eigenvalue weighted by molar-refractivity contribution is 5.22. The van der Waals surface area contributed by atoms with Gasteiger partial charge in [-0.15, -0.1) is 15.3 Å². The first kappa shape index (κ1) is 9.11. The average Bonchev–Trinajstić information content (AvgIpc) is 2.23. The van der Waals surface area contributed by atoms with Crippen LogP contribution in [0.2, 0.25) is 0 Å². The predicted molar refractivity (Wildman–Crippen MR) is 43.6 cm³/mol. The van der Waals surface area contributed by atoms with Gasteiger partial charge in [0.2, 0.25) is 0 Å². The van der Waals surface area contributed by atoms with E-state index in [1.165, 1.54) is 0 Å². The van der Waals surface area contributed by atoms with E-state index in [0.29, 0.717) is 5.56 Å². The maximum absolute atomic E-state index is 6.84. The number of hydrogen-bond acceptors (Lipinski definition) is 6. The Balaban J connectivity index is 3.23. The Morgan fingerprint density at radius 1 is 0.846 bits per heavy atom. The van der Waals surface area contributed by atoms with Gasteiger partial charge in [-0.2, -0.15) is 0 Å². The molecule has 3 N–H and O–H groups in total. The van der Waals surface area contributed by atoms with Gasteiger partial charge in [-0.25, -0.2) is 16.6 Å². The second-order valence-electron chi connectivity index (χ2n) is 2.34. The number of nitrogens with one attached hydrogen (secondary N) is 3. The minimum atomic E-state index is -1.71. The minimum Gasteiger partial charge on any atom is -0.205 e. The van der Waals surface area contributed by atoms with Crippen molar-refractivity contribution in [2.45, 2.75) is 5.79 Å². The lowest BCUT2D eigenvalue weighted by atomic mass is 10.1. The molecule has 0 aliphatic carbocycles. The Labute approximate surface area is 74.5 Å². The summed E-state index contributed by atoms with van der Waals surface area (Å²) in [6.45, 7) is 0. The van der Waals surface area contributed by atoms with Crippen molar-refractivity contribution in [1.82, 2.24) is 0 Å². The summed E-state index contributed by atoms with van der Waals surface area (Å²) >= 11 is 0. The molecular weight excluding hydrogens is 168 g/mol. The first-order valence-electron chi connectivity index (χ1n) is 3.50. The van der Waals surface area contributed by atoms with Gasteiger partial charge in [-0.05, 0) is 0 Å². The van der Waals surface area contributed by atoms with E-state index in [4.69, 9.17) is 16.6 Å². The monoisotopic (exact) mass is 176 g/mol. The van der Waals surface area contributed by atoms with Crippen LogP contribution in [0.1, 0.15) is 5.56 Å². The zero-order valence-electron chi connectivity index (χ0n) is 6.73. The third kappa shape index (κ3) is 1.46. The van der Waals surface area contributed by atoms with E-state index >= 15 is 0 Å². The van der Waals surface area contributed by atoms with Crippen LogP contribution >= 0.6 is 0 Å². The summed E-state index contributed by atoms with van der Waals surface area (Å²) in [6.07, 6.45) is 0. The molecule has 66 valence electrons. The lowest BCUT2D eigenvalue weighted by Crippen LogP contribution is -2.15. The highest BCUT2D eigenvalue weighted by atomic mass is 15.4. The van der Waals surface area contributed by atoms with Gasteiger partial charge < -0.3 is 0 Å². The Bertz CT molecular complexity index is 297. The van der Waals surface area contributed by atoms with Crippen LogP contribution in [0.4, 0.5) is 0 Å². The van der Waals surface area contributed by atoms with Crippen molar-refractivity contribution in [3.05, 3.63) is 35.9 Å². The number of benzene rings is 1. The van der Waals surface area contributed by atoms with Gasteiger partial charge in [0.05, 0.1) is 0 Å². The zero-order valence-corrected chi connectivity index (χ0v) is 6.73. The molecule has 0 aliphatic heterocycles. The molecule has 0 spiro atoms. The second kappa shape index (κ2) is 3.61. The summed E-state index contributed by atoms with van der Waals surface area (Å²) in [5.74, 6) is -1.71. The molecule has 0 heterocycles. The zero-order chi connectivity index (χ0) is 9.73. The molecular formula is C7H8N6. The van der Waals surface area contributed by atoms with Crippen molar-refractivity contribution in [2.75, 3.05) is 0 Å². The molecule has 0 aromatic heterocycles. The standard InChI is InChI=1S/C7H8N6/c8-11-7(12-9,13-10)6-4-2-1-3-5-6/h1-5,8-10H. The van der Waals surface area contributed by atoms with Gasteiger partial charge >= 0.3 is 5.79 Å².